The van der Waals surface area contributed by atoms with Crippen LogP contribution in [-0.4, -0.2) is 26.5 Å². The van der Waals surface area contributed by atoms with E-state index in [-0.39, 0.29) is 0 Å². The number of hydrogen-bond acceptors (Lipinski definition) is 2. The van der Waals surface area contributed by atoms with Gasteiger partial charge in [-0.15, -0.1) is 0 Å². The maximum absolute atomic E-state index is 4.83. The summed E-state index contributed by atoms with van der Waals surface area (Å²) in [6, 6.07) is 0. The molecule has 0 aliphatic carbocycles. The van der Waals surface area contributed by atoms with Crippen LogP contribution in [-0.2, 0) is 4.74 Å². The van der Waals surface area contributed by atoms with Crippen LogP contribution in [0.5, 0.6) is 0 Å². The monoisotopic (exact) mass is 115 g/mol. The molecule has 0 aromatic heterocycles. The second-order valence-corrected chi connectivity index (χ2v) is 1.70. The molecule has 0 N–H and O–H groups in total. The summed E-state index contributed by atoms with van der Waals surface area (Å²) in [5.41, 5.74) is 1.15. The minimum atomic E-state index is 0.781. The van der Waals surface area contributed by atoms with E-state index in [9.17, 15) is 0 Å². The summed E-state index contributed by atoms with van der Waals surface area (Å²) in [5, 5.41) is 0. The summed E-state index contributed by atoms with van der Waals surface area (Å²) in [6.07, 6.45) is 0.951. The maximum Gasteiger partial charge on any atom is 0.0514 e. The number of aliphatic imine (C=N–C) groups is 1. The maximum atomic E-state index is 4.83. The molecule has 0 rings (SSSR count). The van der Waals surface area contributed by atoms with Gasteiger partial charge in [0.1, 0.15) is 0 Å². The number of hydrogen-bond donors (Lipinski definition) is 0. The molecule has 0 bridgehead atoms. The third-order valence-corrected chi connectivity index (χ3v) is 1.05. The molecule has 0 atom stereocenters. The van der Waals surface area contributed by atoms with Crippen LogP contribution in [0.25, 0.3) is 0 Å². The summed E-state index contributed by atoms with van der Waals surface area (Å²) in [6.45, 7) is 2.78. The lowest BCUT2D eigenvalue weighted by Gasteiger charge is -1.94. The fourth-order valence-corrected chi connectivity index (χ4v) is 0.362. The van der Waals surface area contributed by atoms with Crippen molar-refractivity contribution >= 4 is 5.71 Å². The average Bonchev–Trinajstić information content (AvgIpc) is 1.83. The van der Waals surface area contributed by atoms with E-state index in [1.54, 1.807) is 14.2 Å². The van der Waals surface area contributed by atoms with Crippen LogP contribution in [0.2, 0.25) is 0 Å². The van der Waals surface area contributed by atoms with Crippen molar-refractivity contribution in [1.82, 2.24) is 0 Å². The zero-order valence-corrected chi connectivity index (χ0v) is 5.77. The van der Waals surface area contributed by atoms with Crippen LogP contribution in [0.3, 0.4) is 0 Å². The van der Waals surface area contributed by atoms with Crippen molar-refractivity contribution in [3.63, 3.8) is 0 Å². The smallest absolute Gasteiger partial charge is 0.0514 e. The Hall–Kier alpha value is -0.370. The highest BCUT2D eigenvalue weighted by Gasteiger charge is 1.85. The normalized spacial score (nSPS) is 12.1. The Bertz CT molecular complexity index is 78.6. The fourth-order valence-electron chi connectivity index (χ4n) is 0.362. The first-order valence-electron chi connectivity index (χ1n) is 2.72. The standard InChI is InChI=1S/C6H13NO/c1-6(7-2)4-5-8-3/h4-5H2,1-3H3/b7-6-. The largest absolute Gasteiger partial charge is 0.384 e. The SMILES string of the molecule is C/N=C(/C)CCOC. The highest BCUT2D eigenvalue weighted by molar-refractivity contribution is 5.81. The van der Waals surface area contributed by atoms with Crippen LogP contribution in [0.4, 0.5) is 0 Å². The van der Waals surface area contributed by atoms with Gasteiger partial charge in [0, 0.05) is 26.3 Å². The zero-order chi connectivity index (χ0) is 6.41. The molecule has 0 aromatic rings. The van der Waals surface area contributed by atoms with Gasteiger partial charge in [0.15, 0.2) is 0 Å². The van der Waals surface area contributed by atoms with Crippen molar-refractivity contribution in [3.8, 4) is 0 Å². The first-order valence-corrected chi connectivity index (χ1v) is 2.72. The summed E-state index contributed by atoms with van der Waals surface area (Å²) in [5.74, 6) is 0. The Labute approximate surface area is 50.6 Å². The topological polar surface area (TPSA) is 21.6 Å². The summed E-state index contributed by atoms with van der Waals surface area (Å²) >= 11 is 0. The van der Waals surface area contributed by atoms with E-state index in [1.165, 1.54) is 0 Å². The van der Waals surface area contributed by atoms with Gasteiger partial charge in [-0.05, 0) is 6.92 Å². The molecule has 0 aliphatic rings. The molecule has 0 amide bonds. The summed E-state index contributed by atoms with van der Waals surface area (Å²) in [4.78, 5) is 3.96. The van der Waals surface area contributed by atoms with Crippen molar-refractivity contribution in [3.05, 3.63) is 0 Å². The van der Waals surface area contributed by atoms with E-state index < -0.39 is 0 Å². The Morgan fingerprint density at radius 2 is 2.25 bits per heavy atom. The molecular formula is C6H13NO. The van der Waals surface area contributed by atoms with Crippen molar-refractivity contribution in [2.24, 2.45) is 4.99 Å². The van der Waals surface area contributed by atoms with E-state index in [4.69, 9.17) is 4.74 Å². The molecule has 0 radical (unpaired) electrons. The molecule has 0 heterocycles. The average molecular weight is 115 g/mol. The molecule has 48 valence electrons. The first-order chi connectivity index (χ1) is 3.81. The quantitative estimate of drug-likeness (QED) is 0.505. The highest BCUT2D eigenvalue weighted by Crippen LogP contribution is 1.83. The molecule has 0 fully saturated rings. The number of ether oxygens (including phenoxy) is 1. The van der Waals surface area contributed by atoms with Crippen LogP contribution < -0.4 is 0 Å². The number of nitrogens with zero attached hydrogens (tertiary/aromatic N) is 1. The molecule has 0 spiro atoms. The predicted molar refractivity (Wildman–Crippen MR) is 35.5 cm³/mol. The van der Waals surface area contributed by atoms with Crippen LogP contribution in [0, 0.1) is 0 Å². The van der Waals surface area contributed by atoms with Gasteiger partial charge >= 0.3 is 0 Å². The molecule has 2 nitrogen and oxygen atoms in total. The second-order valence-electron chi connectivity index (χ2n) is 1.70. The van der Waals surface area contributed by atoms with E-state index in [2.05, 4.69) is 4.99 Å². The Morgan fingerprint density at radius 1 is 1.62 bits per heavy atom. The van der Waals surface area contributed by atoms with Crippen molar-refractivity contribution in [1.29, 1.82) is 0 Å². The van der Waals surface area contributed by atoms with Gasteiger partial charge in [0.25, 0.3) is 0 Å². The van der Waals surface area contributed by atoms with Gasteiger partial charge in [-0.25, -0.2) is 0 Å². The Kier molecular flexibility index (Phi) is 4.56. The minimum absolute atomic E-state index is 0.781. The van der Waals surface area contributed by atoms with Gasteiger partial charge in [-0.1, -0.05) is 0 Å². The molecule has 2 heteroatoms. The minimum Gasteiger partial charge on any atom is -0.384 e. The lowest BCUT2D eigenvalue weighted by atomic mass is 10.3. The van der Waals surface area contributed by atoms with Crippen molar-refractivity contribution in [2.45, 2.75) is 13.3 Å². The summed E-state index contributed by atoms with van der Waals surface area (Å²) < 4.78 is 4.83. The third kappa shape index (κ3) is 3.81. The molecule has 8 heavy (non-hydrogen) atoms. The van der Waals surface area contributed by atoms with Gasteiger partial charge in [0.05, 0.1) is 6.61 Å². The molecular weight excluding hydrogens is 102 g/mol. The van der Waals surface area contributed by atoms with Gasteiger partial charge in [-0.3, -0.25) is 4.99 Å². The molecule has 0 saturated heterocycles. The third-order valence-electron chi connectivity index (χ3n) is 1.05. The predicted octanol–water partition coefficient (Wildman–Crippen LogP) is 1.11. The fraction of sp³-hybridized carbons (Fsp3) is 0.833. The van der Waals surface area contributed by atoms with Crippen LogP contribution in [0.15, 0.2) is 4.99 Å². The van der Waals surface area contributed by atoms with E-state index in [1.807, 2.05) is 6.92 Å². The van der Waals surface area contributed by atoms with Crippen LogP contribution >= 0.6 is 0 Å². The van der Waals surface area contributed by atoms with Crippen LogP contribution in [0.1, 0.15) is 13.3 Å². The Balaban J connectivity index is 3.12. The number of rotatable bonds is 3. The van der Waals surface area contributed by atoms with Gasteiger partial charge in [0.2, 0.25) is 0 Å². The highest BCUT2D eigenvalue weighted by atomic mass is 16.5. The van der Waals surface area contributed by atoms with E-state index in [0.29, 0.717) is 0 Å². The lowest BCUT2D eigenvalue weighted by Crippen LogP contribution is -1.96. The van der Waals surface area contributed by atoms with Crippen molar-refractivity contribution in [2.75, 3.05) is 20.8 Å². The first kappa shape index (κ1) is 7.63. The molecule has 0 saturated carbocycles. The lowest BCUT2D eigenvalue weighted by molar-refractivity contribution is 0.207. The summed E-state index contributed by atoms with van der Waals surface area (Å²) in [7, 11) is 3.49. The number of methoxy groups -OCH3 is 1. The molecule has 0 unspecified atom stereocenters. The second kappa shape index (κ2) is 4.78. The zero-order valence-electron chi connectivity index (χ0n) is 5.77. The molecule has 0 aliphatic heterocycles. The van der Waals surface area contributed by atoms with Gasteiger partial charge < -0.3 is 4.74 Å². The Morgan fingerprint density at radius 3 is 2.62 bits per heavy atom. The van der Waals surface area contributed by atoms with Gasteiger partial charge in [-0.2, -0.15) is 0 Å². The van der Waals surface area contributed by atoms with Crippen molar-refractivity contribution < 1.29 is 4.74 Å². The van der Waals surface area contributed by atoms with E-state index >= 15 is 0 Å². The van der Waals surface area contributed by atoms with E-state index in [0.717, 1.165) is 18.7 Å². The molecule has 0 aromatic carbocycles.